The monoisotopic (exact) mass is 451 g/mol. The number of amides is 3. The minimum Gasteiger partial charge on any atom is -0.497 e. The second-order valence-corrected chi connectivity index (χ2v) is 7.31. The molecule has 2 heterocycles. The van der Waals surface area contributed by atoms with E-state index in [1.54, 1.807) is 28.0 Å². The topological polar surface area (TPSA) is 80.3 Å². The summed E-state index contributed by atoms with van der Waals surface area (Å²) in [5, 5.41) is 2.68. The third kappa shape index (κ3) is 4.66. The van der Waals surface area contributed by atoms with Gasteiger partial charge in [-0.25, -0.2) is 9.59 Å². The molecule has 32 heavy (non-hydrogen) atoms. The maximum absolute atomic E-state index is 12.9. The Bertz CT molecular complexity index is 1010. The lowest BCUT2D eigenvalue weighted by Gasteiger charge is -2.32. The van der Waals surface area contributed by atoms with E-state index in [4.69, 9.17) is 9.47 Å². The second-order valence-electron chi connectivity index (χ2n) is 7.31. The molecule has 2 aromatic rings. The fourth-order valence-electron chi connectivity index (χ4n) is 3.72. The zero-order valence-corrected chi connectivity index (χ0v) is 17.0. The van der Waals surface area contributed by atoms with Gasteiger partial charge in [0.25, 0.3) is 0 Å². The number of rotatable bonds is 3. The molecule has 1 atom stereocenters. The Labute approximate surface area is 181 Å². The first-order valence-corrected chi connectivity index (χ1v) is 9.78. The molecule has 0 spiro atoms. The van der Waals surface area contributed by atoms with Crippen molar-refractivity contribution in [2.24, 2.45) is 0 Å². The standard InChI is InChI=1S/C21H20F3N3O5/c1-30-17-6-7-18-13(10-17)11-26(9-8-15-12-31-20(29)27(15)18)19(28)25-14-2-4-16(5-3-14)32-21(22,23)24/h2-7,10,15H,8-9,11-12H2,1H3,(H,25,28). The average Bonchev–Trinajstić information content (AvgIpc) is 3.09. The first kappa shape index (κ1) is 21.6. The number of carbonyl (C=O) groups excluding carboxylic acids is 2. The number of halogens is 3. The van der Waals surface area contributed by atoms with Crippen molar-refractivity contribution in [1.29, 1.82) is 0 Å². The van der Waals surface area contributed by atoms with E-state index in [1.807, 2.05) is 0 Å². The van der Waals surface area contributed by atoms with E-state index in [-0.39, 0.29) is 24.9 Å². The number of fused-ring (bicyclic) bond motifs is 3. The Kier molecular flexibility index (Phi) is 5.72. The van der Waals surface area contributed by atoms with Gasteiger partial charge in [-0.3, -0.25) is 4.90 Å². The number of ether oxygens (including phenoxy) is 3. The van der Waals surface area contributed by atoms with Gasteiger partial charge in [0.1, 0.15) is 18.1 Å². The molecule has 8 nitrogen and oxygen atoms in total. The van der Waals surface area contributed by atoms with Gasteiger partial charge in [0.2, 0.25) is 0 Å². The average molecular weight is 451 g/mol. The van der Waals surface area contributed by atoms with Crippen LogP contribution in [0.3, 0.4) is 0 Å². The maximum atomic E-state index is 12.9. The van der Waals surface area contributed by atoms with Crippen LogP contribution in [0.2, 0.25) is 0 Å². The number of urea groups is 1. The van der Waals surface area contributed by atoms with Gasteiger partial charge in [0.15, 0.2) is 0 Å². The van der Waals surface area contributed by atoms with Crippen LogP contribution in [0.25, 0.3) is 0 Å². The van der Waals surface area contributed by atoms with E-state index in [2.05, 4.69) is 10.1 Å². The lowest BCUT2D eigenvalue weighted by Crippen LogP contribution is -2.43. The molecule has 0 aromatic heterocycles. The van der Waals surface area contributed by atoms with Crippen LogP contribution in [0.1, 0.15) is 12.0 Å². The first-order valence-electron chi connectivity index (χ1n) is 9.78. The van der Waals surface area contributed by atoms with Gasteiger partial charge in [0, 0.05) is 18.8 Å². The molecule has 170 valence electrons. The number of nitrogens with one attached hydrogen (secondary N) is 1. The third-order valence-electron chi connectivity index (χ3n) is 5.23. The highest BCUT2D eigenvalue weighted by molar-refractivity contribution is 5.92. The predicted molar refractivity (Wildman–Crippen MR) is 108 cm³/mol. The van der Waals surface area contributed by atoms with Crippen LogP contribution < -0.4 is 19.7 Å². The first-order chi connectivity index (χ1) is 15.2. The minimum absolute atomic E-state index is 0.199. The van der Waals surface area contributed by atoms with Crippen LogP contribution in [0, 0.1) is 0 Å². The Morgan fingerprint density at radius 3 is 2.56 bits per heavy atom. The summed E-state index contributed by atoms with van der Waals surface area (Å²) in [5.41, 5.74) is 1.67. The van der Waals surface area contributed by atoms with Crippen molar-refractivity contribution in [2.45, 2.75) is 25.4 Å². The summed E-state index contributed by atoms with van der Waals surface area (Å²) in [5.74, 6) is 0.197. The van der Waals surface area contributed by atoms with E-state index in [1.165, 1.54) is 19.2 Å². The quantitative estimate of drug-likeness (QED) is 0.750. The van der Waals surface area contributed by atoms with E-state index >= 15 is 0 Å². The normalized spacial score (nSPS) is 18.1. The summed E-state index contributed by atoms with van der Waals surface area (Å²) >= 11 is 0. The van der Waals surface area contributed by atoms with Crippen LogP contribution in [0.5, 0.6) is 11.5 Å². The fourth-order valence-corrected chi connectivity index (χ4v) is 3.72. The molecule has 2 aromatic carbocycles. The van der Waals surface area contributed by atoms with Crippen LogP contribution >= 0.6 is 0 Å². The van der Waals surface area contributed by atoms with Gasteiger partial charge in [-0.2, -0.15) is 0 Å². The smallest absolute Gasteiger partial charge is 0.497 e. The minimum atomic E-state index is -4.79. The lowest BCUT2D eigenvalue weighted by molar-refractivity contribution is -0.274. The molecule has 0 bridgehead atoms. The molecule has 4 rings (SSSR count). The van der Waals surface area contributed by atoms with Crippen molar-refractivity contribution in [3.63, 3.8) is 0 Å². The summed E-state index contributed by atoms with van der Waals surface area (Å²) < 4.78 is 51.3. The number of nitrogens with zero attached hydrogens (tertiary/aromatic N) is 2. The van der Waals surface area contributed by atoms with E-state index in [0.717, 1.165) is 12.1 Å². The molecule has 0 aliphatic carbocycles. The largest absolute Gasteiger partial charge is 0.573 e. The highest BCUT2D eigenvalue weighted by Gasteiger charge is 2.38. The van der Waals surface area contributed by atoms with Gasteiger partial charge in [-0.15, -0.1) is 13.2 Å². The fraction of sp³-hybridized carbons (Fsp3) is 0.333. The van der Waals surface area contributed by atoms with Crippen molar-refractivity contribution in [3.05, 3.63) is 48.0 Å². The summed E-state index contributed by atoms with van der Waals surface area (Å²) in [7, 11) is 1.52. The van der Waals surface area contributed by atoms with E-state index in [0.29, 0.717) is 35.7 Å². The van der Waals surface area contributed by atoms with Gasteiger partial charge < -0.3 is 24.4 Å². The third-order valence-corrected chi connectivity index (χ3v) is 5.23. The van der Waals surface area contributed by atoms with Gasteiger partial charge in [-0.1, -0.05) is 0 Å². The molecule has 0 radical (unpaired) electrons. The number of methoxy groups -OCH3 is 1. The molecule has 3 amide bonds. The van der Waals surface area contributed by atoms with Gasteiger partial charge in [-0.05, 0) is 54.4 Å². The number of hydrogen-bond acceptors (Lipinski definition) is 5. The highest BCUT2D eigenvalue weighted by atomic mass is 19.4. The molecule has 1 N–H and O–H groups in total. The number of cyclic esters (lactones) is 1. The maximum Gasteiger partial charge on any atom is 0.573 e. The molecule has 2 aliphatic rings. The van der Waals surface area contributed by atoms with Gasteiger partial charge >= 0.3 is 18.5 Å². The van der Waals surface area contributed by atoms with E-state index < -0.39 is 18.5 Å². The number of hydrogen-bond donors (Lipinski definition) is 1. The predicted octanol–water partition coefficient (Wildman–Crippen LogP) is 4.36. The molecule has 1 fully saturated rings. The summed E-state index contributed by atoms with van der Waals surface area (Å²) in [4.78, 5) is 28.4. The number of benzene rings is 2. The zero-order chi connectivity index (χ0) is 22.9. The van der Waals surface area contributed by atoms with E-state index in [9.17, 15) is 22.8 Å². The molecule has 1 saturated heterocycles. The van der Waals surface area contributed by atoms with Gasteiger partial charge in [0.05, 0.1) is 18.8 Å². The molecule has 1 unspecified atom stereocenters. The van der Waals surface area contributed by atoms with Crippen LogP contribution in [-0.4, -0.2) is 49.7 Å². The van der Waals surface area contributed by atoms with Crippen molar-refractivity contribution in [2.75, 3.05) is 30.5 Å². The molecule has 0 saturated carbocycles. The Balaban J connectivity index is 1.53. The van der Waals surface area contributed by atoms with Crippen LogP contribution in [-0.2, 0) is 11.3 Å². The summed E-state index contributed by atoms with van der Waals surface area (Å²) in [6.45, 7) is 0.764. The highest BCUT2D eigenvalue weighted by Crippen LogP contribution is 2.34. The van der Waals surface area contributed by atoms with Crippen LogP contribution in [0.4, 0.5) is 34.1 Å². The summed E-state index contributed by atoms with van der Waals surface area (Å²) in [6, 6.07) is 9.49. The molecular formula is C21H20F3N3O5. The Hall–Kier alpha value is -3.63. The number of carbonyl (C=O) groups is 2. The molecule has 11 heteroatoms. The zero-order valence-electron chi connectivity index (χ0n) is 17.0. The van der Waals surface area contributed by atoms with Crippen LogP contribution in [0.15, 0.2) is 42.5 Å². The number of alkyl halides is 3. The lowest BCUT2D eigenvalue weighted by atomic mass is 10.1. The molecular weight excluding hydrogens is 431 g/mol. The van der Waals surface area contributed by atoms with Crippen molar-refractivity contribution < 1.29 is 37.0 Å². The Morgan fingerprint density at radius 1 is 1.16 bits per heavy atom. The summed E-state index contributed by atoms with van der Waals surface area (Å²) in [6.07, 6.45) is -4.72. The molecule has 2 aliphatic heterocycles. The number of anilines is 2. The van der Waals surface area contributed by atoms with Crippen molar-refractivity contribution >= 4 is 23.5 Å². The SMILES string of the molecule is COc1ccc2c(c1)CN(C(=O)Nc1ccc(OC(F)(F)F)cc1)CCC1COC(=O)N21. The Morgan fingerprint density at radius 2 is 1.88 bits per heavy atom. The van der Waals surface area contributed by atoms with Crippen molar-refractivity contribution in [1.82, 2.24) is 4.90 Å². The van der Waals surface area contributed by atoms with Crippen molar-refractivity contribution in [3.8, 4) is 11.5 Å². The second kappa shape index (κ2) is 8.48.